The van der Waals surface area contributed by atoms with Crippen LogP contribution in [-0.2, 0) is 0 Å². The van der Waals surface area contributed by atoms with Crippen molar-refractivity contribution in [3.8, 4) is 28.5 Å². The van der Waals surface area contributed by atoms with Crippen LogP contribution in [0.1, 0.15) is 5.56 Å². The van der Waals surface area contributed by atoms with Crippen molar-refractivity contribution in [3.63, 3.8) is 0 Å². The number of nitriles is 1. The van der Waals surface area contributed by atoms with Gasteiger partial charge in [-0.1, -0.05) is 53.5 Å². The van der Waals surface area contributed by atoms with Crippen LogP contribution in [0, 0.1) is 11.3 Å². The second-order valence-electron chi connectivity index (χ2n) is 5.13. The minimum Gasteiger partial charge on any atom is -0.372 e. The molecule has 0 bridgehead atoms. The van der Waals surface area contributed by atoms with Crippen molar-refractivity contribution in [3.05, 3.63) is 70.2 Å². The highest BCUT2D eigenvalue weighted by Gasteiger charge is 2.16. The van der Waals surface area contributed by atoms with Crippen molar-refractivity contribution in [2.24, 2.45) is 0 Å². The van der Waals surface area contributed by atoms with E-state index in [1.807, 2.05) is 54.6 Å². The van der Waals surface area contributed by atoms with Gasteiger partial charge in [-0.2, -0.15) is 5.26 Å². The van der Waals surface area contributed by atoms with Gasteiger partial charge in [0, 0.05) is 28.2 Å². The lowest BCUT2D eigenvalue weighted by Crippen LogP contribution is -2.00. The lowest BCUT2D eigenvalue weighted by molar-refractivity contribution is 1.27. The van der Waals surface area contributed by atoms with Crippen LogP contribution in [-0.4, -0.2) is 12.0 Å². The normalized spacial score (nSPS) is 10.2. The molecule has 0 saturated carbocycles. The highest BCUT2D eigenvalue weighted by atomic mass is 35.5. The van der Waals surface area contributed by atoms with Crippen LogP contribution < -0.4 is 5.32 Å². The molecule has 0 fully saturated rings. The highest BCUT2D eigenvalue weighted by Crippen LogP contribution is 2.37. The Morgan fingerprint density at radius 1 is 1.00 bits per heavy atom. The number of nitrogens with zero attached hydrogens (tertiary/aromatic N) is 2. The summed E-state index contributed by atoms with van der Waals surface area (Å²) in [4.78, 5) is 4.64. The van der Waals surface area contributed by atoms with E-state index in [9.17, 15) is 5.26 Å². The van der Waals surface area contributed by atoms with Gasteiger partial charge in [0.2, 0.25) is 0 Å². The minimum absolute atomic E-state index is 0.471. The summed E-state index contributed by atoms with van der Waals surface area (Å²) in [5.41, 5.74) is 3.74. The highest BCUT2D eigenvalue weighted by molar-refractivity contribution is 6.33. The molecule has 0 aliphatic heterocycles. The van der Waals surface area contributed by atoms with Crippen molar-refractivity contribution >= 4 is 29.0 Å². The number of hydrogen-bond donors (Lipinski definition) is 1. The summed E-state index contributed by atoms with van der Waals surface area (Å²) in [7, 11) is 1.74. The molecule has 3 rings (SSSR count). The molecular formula is C19H13Cl2N3. The second-order valence-corrected chi connectivity index (χ2v) is 5.97. The van der Waals surface area contributed by atoms with Gasteiger partial charge in [-0.25, -0.2) is 4.98 Å². The quantitative estimate of drug-likeness (QED) is 0.663. The van der Waals surface area contributed by atoms with E-state index >= 15 is 0 Å². The molecule has 3 aromatic rings. The molecule has 1 N–H and O–H groups in total. The average molecular weight is 354 g/mol. The van der Waals surface area contributed by atoms with E-state index in [1.165, 1.54) is 0 Å². The van der Waals surface area contributed by atoms with E-state index in [1.54, 1.807) is 7.05 Å². The molecule has 0 radical (unpaired) electrons. The van der Waals surface area contributed by atoms with Crippen LogP contribution in [0.5, 0.6) is 0 Å². The summed E-state index contributed by atoms with van der Waals surface area (Å²) < 4.78 is 0. The fourth-order valence-electron chi connectivity index (χ4n) is 2.50. The molecule has 0 unspecified atom stereocenters. The molecule has 1 heterocycles. The molecule has 0 atom stereocenters. The molecule has 118 valence electrons. The molecule has 2 aromatic carbocycles. The predicted octanol–water partition coefficient (Wildman–Crippen LogP) is 5.64. The Bertz CT molecular complexity index is 928. The van der Waals surface area contributed by atoms with E-state index in [-0.39, 0.29) is 0 Å². The van der Waals surface area contributed by atoms with Gasteiger partial charge >= 0.3 is 0 Å². The third-order valence-electron chi connectivity index (χ3n) is 3.66. The molecular weight excluding hydrogens is 341 g/mol. The number of anilines is 1. The Balaban J connectivity index is 2.32. The summed E-state index contributed by atoms with van der Waals surface area (Å²) in [6.45, 7) is 0. The van der Waals surface area contributed by atoms with Crippen LogP contribution in [0.3, 0.4) is 0 Å². The molecule has 0 amide bonds. The van der Waals surface area contributed by atoms with Crippen molar-refractivity contribution in [2.75, 3.05) is 12.4 Å². The fraction of sp³-hybridized carbons (Fsp3) is 0.0526. The summed E-state index contributed by atoms with van der Waals surface area (Å²) in [5.74, 6) is 0.519. The Morgan fingerprint density at radius 3 is 2.33 bits per heavy atom. The van der Waals surface area contributed by atoms with Crippen molar-refractivity contribution in [2.45, 2.75) is 0 Å². The first-order chi connectivity index (χ1) is 11.6. The monoisotopic (exact) mass is 353 g/mol. The number of nitrogens with one attached hydrogen (secondary N) is 1. The maximum atomic E-state index is 9.40. The first-order valence-electron chi connectivity index (χ1n) is 7.27. The molecule has 1 aromatic heterocycles. The van der Waals surface area contributed by atoms with Gasteiger partial charge in [0.05, 0.1) is 11.3 Å². The topological polar surface area (TPSA) is 48.7 Å². The lowest BCUT2D eigenvalue weighted by atomic mass is 9.97. The number of benzene rings is 2. The number of aromatic nitrogens is 1. The van der Waals surface area contributed by atoms with Gasteiger partial charge < -0.3 is 5.32 Å². The SMILES string of the molecule is CNc1nc(-c2ccccc2Cl)c(-c2ccc(Cl)cc2)cc1C#N. The summed E-state index contributed by atoms with van der Waals surface area (Å²) in [5, 5.41) is 13.6. The van der Waals surface area contributed by atoms with Crippen LogP contribution >= 0.6 is 23.2 Å². The third-order valence-corrected chi connectivity index (χ3v) is 4.25. The standard InChI is InChI=1S/C19H13Cl2N3/c1-23-19-13(11-22)10-16(12-6-8-14(20)9-7-12)18(24-19)15-4-2-3-5-17(15)21/h2-10H,1H3,(H,23,24). The molecule has 0 aliphatic rings. The van der Waals surface area contributed by atoms with Crippen LogP contribution in [0.4, 0.5) is 5.82 Å². The van der Waals surface area contributed by atoms with E-state index in [0.717, 1.165) is 16.7 Å². The van der Waals surface area contributed by atoms with Gasteiger partial charge in [0.15, 0.2) is 0 Å². The van der Waals surface area contributed by atoms with Crippen molar-refractivity contribution in [1.29, 1.82) is 5.26 Å². The molecule has 0 spiro atoms. The van der Waals surface area contributed by atoms with Gasteiger partial charge in [-0.05, 0) is 29.8 Å². The maximum absolute atomic E-state index is 9.40. The summed E-state index contributed by atoms with van der Waals surface area (Å²) >= 11 is 12.4. The van der Waals surface area contributed by atoms with Crippen molar-refractivity contribution in [1.82, 2.24) is 4.98 Å². The zero-order chi connectivity index (χ0) is 17.1. The predicted molar refractivity (Wildman–Crippen MR) is 99.4 cm³/mol. The Hall–Kier alpha value is -2.54. The molecule has 0 aliphatic carbocycles. The minimum atomic E-state index is 0.471. The summed E-state index contributed by atoms with van der Waals surface area (Å²) in [6.07, 6.45) is 0. The number of pyridine rings is 1. The first-order valence-corrected chi connectivity index (χ1v) is 8.03. The second kappa shape index (κ2) is 6.92. The Morgan fingerprint density at radius 2 is 1.71 bits per heavy atom. The smallest absolute Gasteiger partial charge is 0.144 e. The molecule has 5 heteroatoms. The number of hydrogen-bond acceptors (Lipinski definition) is 3. The van der Waals surface area contributed by atoms with E-state index in [0.29, 0.717) is 27.1 Å². The lowest BCUT2D eigenvalue weighted by Gasteiger charge is -2.14. The zero-order valence-electron chi connectivity index (χ0n) is 12.8. The van der Waals surface area contributed by atoms with Gasteiger partial charge in [-0.3, -0.25) is 0 Å². The molecule has 24 heavy (non-hydrogen) atoms. The molecule has 0 saturated heterocycles. The van der Waals surface area contributed by atoms with Gasteiger partial charge in [0.1, 0.15) is 11.9 Å². The number of rotatable bonds is 3. The van der Waals surface area contributed by atoms with Crippen LogP contribution in [0.2, 0.25) is 10.0 Å². The Labute approximate surface area is 150 Å². The Kier molecular flexibility index (Phi) is 4.71. The maximum Gasteiger partial charge on any atom is 0.144 e. The molecule has 3 nitrogen and oxygen atoms in total. The fourth-order valence-corrected chi connectivity index (χ4v) is 2.85. The first kappa shape index (κ1) is 16.3. The van der Waals surface area contributed by atoms with Crippen molar-refractivity contribution < 1.29 is 0 Å². The van der Waals surface area contributed by atoms with Crippen LogP contribution in [0.15, 0.2) is 54.6 Å². The largest absolute Gasteiger partial charge is 0.372 e. The van der Waals surface area contributed by atoms with Gasteiger partial charge in [0.25, 0.3) is 0 Å². The van der Waals surface area contributed by atoms with E-state index in [4.69, 9.17) is 23.2 Å². The van der Waals surface area contributed by atoms with E-state index < -0.39 is 0 Å². The average Bonchev–Trinajstić information content (AvgIpc) is 2.62. The summed E-state index contributed by atoms with van der Waals surface area (Å²) in [6, 6.07) is 18.9. The van der Waals surface area contributed by atoms with Gasteiger partial charge in [-0.15, -0.1) is 0 Å². The van der Waals surface area contributed by atoms with E-state index in [2.05, 4.69) is 16.4 Å². The number of halogens is 2. The van der Waals surface area contributed by atoms with Crippen LogP contribution in [0.25, 0.3) is 22.4 Å². The zero-order valence-corrected chi connectivity index (χ0v) is 14.4. The third kappa shape index (κ3) is 3.07.